The Morgan fingerprint density at radius 1 is 1.42 bits per heavy atom. The molecule has 6 nitrogen and oxygen atoms in total. The van der Waals surface area contributed by atoms with Gasteiger partial charge >= 0.3 is 0 Å². The van der Waals surface area contributed by atoms with E-state index in [2.05, 4.69) is 26.1 Å². The van der Waals surface area contributed by atoms with E-state index in [1.807, 2.05) is 0 Å². The molecule has 102 valence electrons. The maximum Gasteiger partial charge on any atom is 0.240 e. The van der Waals surface area contributed by atoms with Crippen molar-refractivity contribution in [3.8, 4) is 22.9 Å². The Kier molecular flexibility index (Phi) is 4.01. The van der Waals surface area contributed by atoms with E-state index in [1.165, 1.54) is 20.3 Å². The first-order chi connectivity index (χ1) is 9.12. The van der Waals surface area contributed by atoms with Gasteiger partial charge in [-0.3, -0.25) is 0 Å². The second kappa shape index (κ2) is 5.54. The molecule has 0 amide bonds. The van der Waals surface area contributed by atoms with Crippen molar-refractivity contribution in [2.24, 2.45) is 5.73 Å². The molecule has 0 spiro atoms. The minimum absolute atomic E-state index is 0.0966. The summed E-state index contributed by atoms with van der Waals surface area (Å²) in [5.41, 5.74) is 5.71. The highest BCUT2D eigenvalue weighted by atomic mass is 79.9. The zero-order valence-corrected chi connectivity index (χ0v) is 11.8. The fourth-order valence-electron chi connectivity index (χ4n) is 1.58. The van der Waals surface area contributed by atoms with Crippen molar-refractivity contribution >= 4 is 15.9 Å². The third-order valence-corrected chi connectivity index (χ3v) is 3.20. The normalized spacial score (nSPS) is 10.6. The maximum atomic E-state index is 13.8. The minimum Gasteiger partial charge on any atom is -0.493 e. The first-order valence-electron chi connectivity index (χ1n) is 5.25. The summed E-state index contributed by atoms with van der Waals surface area (Å²) >= 11 is 3.14. The van der Waals surface area contributed by atoms with E-state index in [-0.39, 0.29) is 28.5 Å². The molecule has 0 atom stereocenters. The van der Waals surface area contributed by atoms with Crippen LogP contribution in [-0.2, 0) is 6.54 Å². The Hall–Kier alpha value is -1.67. The van der Waals surface area contributed by atoms with Crippen molar-refractivity contribution in [2.45, 2.75) is 6.54 Å². The van der Waals surface area contributed by atoms with E-state index in [0.717, 1.165) is 0 Å². The number of hydrogen-bond acceptors (Lipinski definition) is 6. The van der Waals surface area contributed by atoms with Crippen molar-refractivity contribution in [3.05, 3.63) is 22.2 Å². The Morgan fingerprint density at radius 2 is 2.16 bits per heavy atom. The van der Waals surface area contributed by atoms with Crippen LogP contribution in [0.4, 0.5) is 4.39 Å². The summed E-state index contributed by atoms with van der Waals surface area (Å²) in [6.45, 7) is 0.0966. The van der Waals surface area contributed by atoms with Crippen molar-refractivity contribution < 1.29 is 18.4 Å². The smallest absolute Gasteiger partial charge is 0.240 e. The molecule has 0 fully saturated rings. The standard InChI is InChI=1S/C11H11BrFN3O3/c1-17-6-3-5(13)9(12)8(10(6)18-2)11-15-7(4-14)19-16-11/h3H,4,14H2,1-2H3. The van der Waals surface area contributed by atoms with Crippen LogP contribution in [-0.4, -0.2) is 24.4 Å². The summed E-state index contributed by atoms with van der Waals surface area (Å²) in [6.07, 6.45) is 0. The lowest BCUT2D eigenvalue weighted by atomic mass is 10.1. The van der Waals surface area contributed by atoms with Crippen LogP contribution in [0.5, 0.6) is 11.5 Å². The van der Waals surface area contributed by atoms with Gasteiger partial charge in [0.05, 0.1) is 30.8 Å². The topological polar surface area (TPSA) is 83.4 Å². The van der Waals surface area contributed by atoms with Crippen LogP contribution in [0.3, 0.4) is 0 Å². The van der Waals surface area contributed by atoms with Crippen molar-refractivity contribution in [1.29, 1.82) is 0 Å². The predicted octanol–water partition coefficient (Wildman–Crippen LogP) is 2.11. The quantitative estimate of drug-likeness (QED) is 0.923. The second-order valence-electron chi connectivity index (χ2n) is 3.50. The van der Waals surface area contributed by atoms with Crippen LogP contribution in [0, 0.1) is 5.82 Å². The predicted molar refractivity (Wildman–Crippen MR) is 68.4 cm³/mol. The summed E-state index contributed by atoms with van der Waals surface area (Å²) in [7, 11) is 2.85. The summed E-state index contributed by atoms with van der Waals surface area (Å²) in [5.74, 6) is 0.429. The van der Waals surface area contributed by atoms with E-state index >= 15 is 0 Å². The lowest BCUT2D eigenvalue weighted by Gasteiger charge is -2.12. The molecule has 0 aliphatic heterocycles. The third kappa shape index (κ3) is 2.41. The Labute approximate surface area is 116 Å². The molecule has 2 rings (SSSR count). The molecular weight excluding hydrogens is 321 g/mol. The number of nitrogens with zero attached hydrogens (tertiary/aromatic N) is 2. The van der Waals surface area contributed by atoms with Gasteiger partial charge in [0, 0.05) is 6.07 Å². The van der Waals surface area contributed by atoms with E-state index in [0.29, 0.717) is 11.3 Å². The highest BCUT2D eigenvalue weighted by Crippen LogP contribution is 2.43. The van der Waals surface area contributed by atoms with Gasteiger partial charge in [-0.25, -0.2) is 4.39 Å². The highest BCUT2D eigenvalue weighted by Gasteiger charge is 2.23. The van der Waals surface area contributed by atoms with E-state index in [9.17, 15) is 4.39 Å². The molecule has 0 bridgehead atoms. The average Bonchev–Trinajstić information content (AvgIpc) is 2.89. The fraction of sp³-hybridized carbons (Fsp3) is 0.273. The second-order valence-corrected chi connectivity index (χ2v) is 4.29. The Bertz CT molecular complexity index is 603. The Balaban J connectivity index is 2.69. The maximum absolute atomic E-state index is 13.8. The minimum atomic E-state index is -0.522. The van der Waals surface area contributed by atoms with Gasteiger partial charge in [0.2, 0.25) is 11.7 Å². The molecule has 1 aromatic carbocycles. The molecule has 0 aliphatic carbocycles. The highest BCUT2D eigenvalue weighted by molar-refractivity contribution is 9.10. The number of methoxy groups -OCH3 is 2. The van der Waals surface area contributed by atoms with Gasteiger partial charge in [0.15, 0.2) is 11.5 Å². The van der Waals surface area contributed by atoms with Gasteiger partial charge < -0.3 is 19.7 Å². The van der Waals surface area contributed by atoms with Gasteiger partial charge in [-0.2, -0.15) is 4.98 Å². The van der Waals surface area contributed by atoms with E-state index in [1.54, 1.807) is 0 Å². The number of aromatic nitrogens is 2. The first kappa shape index (κ1) is 13.8. The van der Waals surface area contributed by atoms with Gasteiger partial charge in [-0.1, -0.05) is 5.16 Å². The molecule has 2 N–H and O–H groups in total. The molecule has 0 aliphatic rings. The first-order valence-corrected chi connectivity index (χ1v) is 6.04. The zero-order valence-electron chi connectivity index (χ0n) is 10.2. The molecule has 0 unspecified atom stereocenters. The largest absolute Gasteiger partial charge is 0.493 e. The molecule has 0 saturated heterocycles. The average molecular weight is 332 g/mol. The molecule has 8 heteroatoms. The molecule has 0 radical (unpaired) electrons. The number of hydrogen-bond donors (Lipinski definition) is 1. The fourth-order valence-corrected chi connectivity index (χ4v) is 2.05. The summed E-state index contributed by atoms with van der Waals surface area (Å²) in [5, 5.41) is 3.74. The van der Waals surface area contributed by atoms with Gasteiger partial charge in [-0.15, -0.1) is 0 Å². The number of benzene rings is 1. The van der Waals surface area contributed by atoms with Crippen LogP contribution in [0.1, 0.15) is 5.89 Å². The van der Waals surface area contributed by atoms with Gasteiger partial charge in [0.1, 0.15) is 5.82 Å². The molecule has 0 saturated carbocycles. The van der Waals surface area contributed by atoms with Crippen LogP contribution in [0.15, 0.2) is 15.1 Å². The SMILES string of the molecule is COc1cc(F)c(Br)c(-c2noc(CN)n2)c1OC. The van der Waals surface area contributed by atoms with Gasteiger partial charge in [-0.05, 0) is 15.9 Å². The van der Waals surface area contributed by atoms with Crippen LogP contribution >= 0.6 is 15.9 Å². The van der Waals surface area contributed by atoms with E-state index < -0.39 is 5.82 Å². The van der Waals surface area contributed by atoms with Crippen LogP contribution < -0.4 is 15.2 Å². The molecule has 1 aromatic heterocycles. The van der Waals surface area contributed by atoms with Crippen molar-refractivity contribution in [2.75, 3.05) is 14.2 Å². The van der Waals surface area contributed by atoms with Crippen molar-refractivity contribution in [1.82, 2.24) is 10.1 Å². The monoisotopic (exact) mass is 331 g/mol. The number of nitrogens with two attached hydrogens (primary N) is 1. The van der Waals surface area contributed by atoms with E-state index in [4.69, 9.17) is 19.7 Å². The Morgan fingerprint density at radius 3 is 2.68 bits per heavy atom. The lowest BCUT2D eigenvalue weighted by Crippen LogP contribution is -1.99. The summed E-state index contributed by atoms with van der Waals surface area (Å²) in [6, 6.07) is 1.20. The van der Waals surface area contributed by atoms with Gasteiger partial charge in [0.25, 0.3) is 0 Å². The molecule has 19 heavy (non-hydrogen) atoms. The van der Waals surface area contributed by atoms with Crippen LogP contribution in [0.2, 0.25) is 0 Å². The zero-order chi connectivity index (χ0) is 14.0. The molecule has 2 aromatic rings. The molecule has 1 heterocycles. The summed E-state index contributed by atoms with van der Waals surface area (Å²) < 4.78 is 29.2. The number of rotatable bonds is 4. The van der Waals surface area contributed by atoms with Crippen molar-refractivity contribution in [3.63, 3.8) is 0 Å². The lowest BCUT2D eigenvalue weighted by molar-refractivity contribution is 0.352. The number of ether oxygens (including phenoxy) is 2. The molecular formula is C11H11BrFN3O3. The van der Waals surface area contributed by atoms with Crippen LogP contribution in [0.25, 0.3) is 11.4 Å². The third-order valence-electron chi connectivity index (χ3n) is 2.43. The number of halogens is 2. The summed E-state index contributed by atoms with van der Waals surface area (Å²) in [4.78, 5) is 4.05.